The van der Waals surface area contributed by atoms with Gasteiger partial charge < -0.3 is 9.47 Å². The van der Waals surface area contributed by atoms with Gasteiger partial charge in [-0.05, 0) is 51.5 Å². The van der Waals surface area contributed by atoms with E-state index in [0.29, 0.717) is 13.0 Å². The molecule has 3 nitrogen and oxygen atoms in total. The van der Waals surface area contributed by atoms with Gasteiger partial charge in [0.15, 0.2) is 0 Å². The number of benzene rings is 2. The van der Waals surface area contributed by atoms with Gasteiger partial charge in [-0.3, -0.25) is 4.79 Å². The highest BCUT2D eigenvalue weighted by Crippen LogP contribution is 2.33. The molecule has 0 aliphatic rings. The van der Waals surface area contributed by atoms with Crippen LogP contribution in [0.25, 0.3) is 0 Å². The lowest BCUT2D eigenvalue weighted by atomic mass is 9.91. The molecule has 0 aliphatic heterocycles. The summed E-state index contributed by atoms with van der Waals surface area (Å²) in [5.74, 6) is 0.798. The molecule has 0 heterocycles. The predicted octanol–water partition coefficient (Wildman–Crippen LogP) is 5.47. The molecule has 2 aromatic carbocycles. The highest BCUT2D eigenvalue weighted by molar-refractivity contribution is 9.10. The van der Waals surface area contributed by atoms with Gasteiger partial charge in [0.2, 0.25) is 0 Å². The first-order valence-corrected chi connectivity index (χ1v) is 8.96. The summed E-state index contributed by atoms with van der Waals surface area (Å²) in [5, 5.41) is 0. The molecule has 0 aliphatic carbocycles. The lowest BCUT2D eigenvalue weighted by Crippen LogP contribution is -2.09. The first-order chi connectivity index (χ1) is 11.6. The van der Waals surface area contributed by atoms with Crippen molar-refractivity contribution in [2.75, 3.05) is 7.11 Å². The van der Waals surface area contributed by atoms with Crippen molar-refractivity contribution >= 4 is 21.9 Å². The lowest BCUT2D eigenvalue weighted by molar-refractivity contribution is -0.141. The first-order valence-electron chi connectivity index (χ1n) is 8.17. The Balaban J connectivity index is 2.07. The molecule has 0 saturated carbocycles. The van der Waals surface area contributed by atoms with Gasteiger partial charge in [-0.2, -0.15) is 0 Å². The molecule has 0 saturated heterocycles. The zero-order chi connectivity index (χ0) is 17.4. The average molecular weight is 391 g/mol. The van der Waals surface area contributed by atoms with Gasteiger partial charge in [0.25, 0.3) is 0 Å². The minimum absolute atomic E-state index is 0.168. The van der Waals surface area contributed by atoms with Gasteiger partial charge in [-0.15, -0.1) is 0 Å². The van der Waals surface area contributed by atoms with Crippen molar-refractivity contribution in [3.63, 3.8) is 0 Å². The van der Waals surface area contributed by atoms with Crippen molar-refractivity contribution in [3.05, 3.63) is 64.1 Å². The quantitative estimate of drug-likeness (QED) is 0.560. The molecular weight excluding hydrogens is 368 g/mol. The third kappa shape index (κ3) is 5.38. The Kier molecular flexibility index (Phi) is 7.32. The van der Waals surface area contributed by atoms with Crippen LogP contribution < -0.4 is 4.74 Å². The second-order valence-electron chi connectivity index (χ2n) is 5.73. The average Bonchev–Trinajstić information content (AvgIpc) is 2.61. The molecule has 24 heavy (non-hydrogen) atoms. The zero-order valence-electron chi connectivity index (χ0n) is 14.1. The van der Waals surface area contributed by atoms with E-state index in [1.165, 1.54) is 7.11 Å². The van der Waals surface area contributed by atoms with Crippen LogP contribution in [0.2, 0.25) is 0 Å². The van der Waals surface area contributed by atoms with Crippen molar-refractivity contribution in [1.29, 1.82) is 0 Å². The number of hydrogen-bond donors (Lipinski definition) is 0. The normalized spacial score (nSPS) is 11.8. The largest absolute Gasteiger partial charge is 0.488 e. The van der Waals surface area contributed by atoms with Crippen LogP contribution in [0.15, 0.2) is 53.0 Å². The van der Waals surface area contributed by atoms with Gasteiger partial charge in [-0.25, -0.2) is 0 Å². The molecule has 0 amide bonds. The molecule has 2 aromatic rings. The monoisotopic (exact) mass is 390 g/mol. The number of esters is 1. The smallest absolute Gasteiger partial charge is 0.306 e. The third-order valence-electron chi connectivity index (χ3n) is 3.94. The number of halogens is 1. The molecule has 0 spiro atoms. The summed E-state index contributed by atoms with van der Waals surface area (Å²) in [5.41, 5.74) is 2.25. The number of carbonyl (C=O) groups is 1. The SMILES string of the molecule is CCC[C@H](CC(=O)OC)c1ccc(OCc2ccccc2)c(Br)c1. The summed E-state index contributed by atoms with van der Waals surface area (Å²) >= 11 is 3.58. The van der Waals surface area contributed by atoms with E-state index in [1.807, 2.05) is 48.5 Å². The van der Waals surface area contributed by atoms with E-state index < -0.39 is 0 Å². The molecule has 0 N–H and O–H groups in total. The highest BCUT2D eigenvalue weighted by atomic mass is 79.9. The fourth-order valence-electron chi connectivity index (χ4n) is 2.64. The maximum atomic E-state index is 11.6. The number of carbonyl (C=O) groups excluding carboxylic acids is 1. The first kappa shape index (κ1) is 18.5. The van der Waals surface area contributed by atoms with E-state index in [0.717, 1.165) is 34.2 Å². The van der Waals surface area contributed by atoms with Crippen molar-refractivity contribution in [2.24, 2.45) is 0 Å². The van der Waals surface area contributed by atoms with Crippen LogP contribution in [0.3, 0.4) is 0 Å². The summed E-state index contributed by atoms with van der Waals surface area (Å²) in [6, 6.07) is 16.1. The van der Waals surface area contributed by atoms with Crippen LogP contribution in [0, 0.1) is 0 Å². The van der Waals surface area contributed by atoms with Gasteiger partial charge in [0, 0.05) is 0 Å². The van der Waals surface area contributed by atoms with Crippen LogP contribution in [0.1, 0.15) is 43.2 Å². The van der Waals surface area contributed by atoms with Crippen LogP contribution in [0.4, 0.5) is 0 Å². The third-order valence-corrected chi connectivity index (χ3v) is 4.56. The minimum Gasteiger partial charge on any atom is -0.488 e. The molecule has 1 atom stereocenters. The molecule has 0 fully saturated rings. The number of hydrogen-bond acceptors (Lipinski definition) is 3. The van der Waals surface area contributed by atoms with Crippen molar-refractivity contribution in [1.82, 2.24) is 0 Å². The van der Waals surface area contributed by atoms with Crippen molar-refractivity contribution in [2.45, 2.75) is 38.7 Å². The zero-order valence-corrected chi connectivity index (χ0v) is 15.7. The predicted molar refractivity (Wildman–Crippen MR) is 99.2 cm³/mol. The maximum Gasteiger partial charge on any atom is 0.306 e. The molecule has 128 valence electrons. The van der Waals surface area contributed by atoms with Crippen LogP contribution in [-0.2, 0) is 16.1 Å². The fraction of sp³-hybridized carbons (Fsp3) is 0.350. The number of rotatable bonds is 8. The Morgan fingerprint density at radius 1 is 1.17 bits per heavy atom. The summed E-state index contributed by atoms with van der Waals surface area (Å²) in [7, 11) is 1.43. The Morgan fingerprint density at radius 3 is 2.54 bits per heavy atom. The van der Waals surface area contributed by atoms with Crippen LogP contribution in [-0.4, -0.2) is 13.1 Å². The van der Waals surface area contributed by atoms with Gasteiger partial charge >= 0.3 is 5.97 Å². The number of methoxy groups -OCH3 is 1. The Morgan fingerprint density at radius 2 is 1.92 bits per heavy atom. The Labute approximate surface area is 152 Å². The van der Waals surface area contributed by atoms with Gasteiger partial charge in [0.1, 0.15) is 12.4 Å². The van der Waals surface area contributed by atoms with E-state index in [9.17, 15) is 4.79 Å². The molecule has 0 unspecified atom stereocenters. The lowest BCUT2D eigenvalue weighted by Gasteiger charge is -2.17. The molecule has 0 aromatic heterocycles. The number of ether oxygens (including phenoxy) is 2. The van der Waals surface area contributed by atoms with E-state index >= 15 is 0 Å². The highest BCUT2D eigenvalue weighted by Gasteiger charge is 2.17. The second kappa shape index (κ2) is 9.48. The summed E-state index contributed by atoms with van der Waals surface area (Å²) in [4.78, 5) is 11.6. The molecule has 0 radical (unpaired) electrons. The fourth-order valence-corrected chi connectivity index (χ4v) is 3.15. The summed E-state index contributed by atoms with van der Waals surface area (Å²) in [6.07, 6.45) is 2.37. The van der Waals surface area contributed by atoms with Gasteiger partial charge in [-0.1, -0.05) is 49.7 Å². The standard InChI is InChI=1S/C20H23BrO3/c1-3-7-16(13-20(22)23-2)17-10-11-19(18(21)12-17)24-14-15-8-5-4-6-9-15/h4-6,8-12,16H,3,7,13-14H2,1-2H3/t16-/m1/s1. The Bertz CT molecular complexity index is 655. The van der Waals surface area contributed by atoms with Crippen LogP contribution in [0.5, 0.6) is 5.75 Å². The van der Waals surface area contributed by atoms with Gasteiger partial charge in [0.05, 0.1) is 18.0 Å². The second-order valence-corrected chi connectivity index (χ2v) is 6.58. The van der Waals surface area contributed by atoms with E-state index in [-0.39, 0.29) is 11.9 Å². The molecule has 0 bridgehead atoms. The van der Waals surface area contributed by atoms with E-state index in [2.05, 4.69) is 22.9 Å². The molecule has 2 rings (SSSR count). The molecular formula is C20H23BrO3. The van der Waals surface area contributed by atoms with Crippen molar-refractivity contribution in [3.8, 4) is 5.75 Å². The Hall–Kier alpha value is -1.81. The maximum absolute atomic E-state index is 11.6. The molecule has 4 heteroatoms. The summed E-state index contributed by atoms with van der Waals surface area (Å²) in [6.45, 7) is 2.65. The topological polar surface area (TPSA) is 35.5 Å². The minimum atomic E-state index is -0.172. The van der Waals surface area contributed by atoms with E-state index in [1.54, 1.807) is 0 Å². The summed E-state index contributed by atoms with van der Waals surface area (Å²) < 4.78 is 11.6. The van der Waals surface area contributed by atoms with E-state index in [4.69, 9.17) is 9.47 Å². The van der Waals surface area contributed by atoms with Crippen LogP contribution >= 0.6 is 15.9 Å². The van der Waals surface area contributed by atoms with Crippen molar-refractivity contribution < 1.29 is 14.3 Å².